The van der Waals surface area contributed by atoms with Gasteiger partial charge in [-0.05, 0) is 36.5 Å². The van der Waals surface area contributed by atoms with Crippen molar-refractivity contribution in [2.24, 2.45) is 5.92 Å². The number of carbonyl (C=O) groups is 2. The van der Waals surface area contributed by atoms with Gasteiger partial charge < -0.3 is 15.0 Å². The minimum absolute atomic E-state index is 0.0755. The molecule has 1 N–H and O–H groups in total. The summed E-state index contributed by atoms with van der Waals surface area (Å²) >= 11 is 0. The Balaban J connectivity index is 1.75. The lowest BCUT2D eigenvalue weighted by Crippen LogP contribution is -2.26. The topological polar surface area (TPSA) is 58.6 Å². The maximum Gasteiger partial charge on any atom is 0.251 e. The van der Waals surface area contributed by atoms with Crippen molar-refractivity contribution in [2.45, 2.75) is 39.7 Å². The molecule has 1 fully saturated rings. The number of hydrogen-bond donors (Lipinski definition) is 1. The Bertz CT molecular complexity index is 557. The number of ether oxygens (including phenoxy) is 1. The van der Waals surface area contributed by atoms with Crippen LogP contribution in [-0.4, -0.2) is 43.0 Å². The minimum atomic E-state index is -0.0755. The van der Waals surface area contributed by atoms with Gasteiger partial charge in [0.15, 0.2) is 0 Å². The lowest BCUT2D eigenvalue weighted by Gasteiger charge is -2.16. The van der Waals surface area contributed by atoms with Crippen molar-refractivity contribution in [3.63, 3.8) is 0 Å². The van der Waals surface area contributed by atoms with Gasteiger partial charge in [0.25, 0.3) is 5.91 Å². The zero-order valence-corrected chi connectivity index (χ0v) is 14.7. The summed E-state index contributed by atoms with van der Waals surface area (Å²) < 4.78 is 5.50. The minimum Gasteiger partial charge on any atom is -0.381 e. The van der Waals surface area contributed by atoms with E-state index >= 15 is 0 Å². The molecule has 5 nitrogen and oxygen atoms in total. The first-order chi connectivity index (χ1) is 11.6. The van der Waals surface area contributed by atoms with E-state index in [4.69, 9.17) is 4.74 Å². The van der Waals surface area contributed by atoms with Crippen molar-refractivity contribution in [1.82, 2.24) is 10.2 Å². The fraction of sp³-hybridized carbons (Fsp3) is 0.579. The monoisotopic (exact) mass is 332 g/mol. The van der Waals surface area contributed by atoms with Gasteiger partial charge in [0.05, 0.1) is 0 Å². The van der Waals surface area contributed by atoms with Crippen LogP contribution in [0.15, 0.2) is 24.3 Å². The maximum absolute atomic E-state index is 12.2. The standard InChI is InChI=1S/C19H28N2O3/c1-15(2)14-24-11-5-9-20-19(23)17-7-3-6-16(12-17)13-21-10-4-8-18(21)22/h3,6-7,12,15H,4-5,8-11,13-14H2,1-2H3,(H,20,23). The normalized spacial score (nSPS) is 14.5. The van der Waals surface area contributed by atoms with E-state index < -0.39 is 0 Å². The lowest BCUT2D eigenvalue weighted by atomic mass is 10.1. The van der Waals surface area contributed by atoms with E-state index in [0.717, 1.165) is 31.6 Å². The molecule has 5 heteroatoms. The van der Waals surface area contributed by atoms with E-state index in [1.54, 1.807) is 6.07 Å². The Hall–Kier alpha value is -1.88. The molecule has 1 aromatic rings. The highest BCUT2D eigenvalue weighted by molar-refractivity contribution is 5.94. The first-order valence-electron chi connectivity index (χ1n) is 8.79. The van der Waals surface area contributed by atoms with Crippen LogP contribution in [0, 0.1) is 5.92 Å². The molecule has 0 radical (unpaired) electrons. The van der Waals surface area contributed by atoms with Crippen molar-refractivity contribution in [1.29, 1.82) is 0 Å². The predicted octanol–water partition coefficient (Wildman–Crippen LogP) is 2.60. The molecule has 1 saturated heterocycles. The van der Waals surface area contributed by atoms with Crippen LogP contribution in [0.5, 0.6) is 0 Å². The second-order valence-electron chi connectivity index (χ2n) is 6.70. The molecule has 0 unspecified atom stereocenters. The van der Waals surface area contributed by atoms with Gasteiger partial charge in [0.1, 0.15) is 0 Å². The molecule has 1 aliphatic rings. The highest BCUT2D eigenvalue weighted by Gasteiger charge is 2.20. The summed E-state index contributed by atoms with van der Waals surface area (Å²) in [5.41, 5.74) is 1.64. The summed E-state index contributed by atoms with van der Waals surface area (Å²) in [5, 5.41) is 2.92. The average molecular weight is 332 g/mol. The number of hydrogen-bond acceptors (Lipinski definition) is 3. The quantitative estimate of drug-likeness (QED) is 0.707. The Morgan fingerprint density at radius 1 is 1.38 bits per heavy atom. The third kappa shape index (κ3) is 5.96. The fourth-order valence-electron chi connectivity index (χ4n) is 2.70. The van der Waals surface area contributed by atoms with E-state index in [2.05, 4.69) is 19.2 Å². The molecule has 0 aliphatic carbocycles. The molecule has 0 aromatic heterocycles. The number of amides is 2. The largest absolute Gasteiger partial charge is 0.381 e. The summed E-state index contributed by atoms with van der Waals surface area (Å²) in [4.78, 5) is 25.8. The molecule has 2 amide bonds. The highest BCUT2D eigenvalue weighted by Crippen LogP contribution is 2.15. The van der Waals surface area contributed by atoms with Crippen LogP contribution in [0.2, 0.25) is 0 Å². The molecule has 0 spiro atoms. The van der Waals surface area contributed by atoms with Crippen molar-refractivity contribution in [3.8, 4) is 0 Å². The van der Waals surface area contributed by atoms with Crippen molar-refractivity contribution in [3.05, 3.63) is 35.4 Å². The van der Waals surface area contributed by atoms with Crippen LogP contribution in [-0.2, 0) is 16.1 Å². The highest BCUT2D eigenvalue weighted by atomic mass is 16.5. The van der Waals surface area contributed by atoms with Gasteiger partial charge in [-0.3, -0.25) is 9.59 Å². The second kappa shape index (κ2) is 9.42. The van der Waals surface area contributed by atoms with E-state index in [0.29, 0.717) is 37.6 Å². The van der Waals surface area contributed by atoms with E-state index in [1.807, 2.05) is 23.1 Å². The molecule has 1 aliphatic heterocycles. The van der Waals surface area contributed by atoms with Gasteiger partial charge in [-0.2, -0.15) is 0 Å². The average Bonchev–Trinajstić information content (AvgIpc) is 2.95. The fourth-order valence-corrected chi connectivity index (χ4v) is 2.70. The summed E-state index contributed by atoms with van der Waals surface area (Å²) in [7, 11) is 0. The summed E-state index contributed by atoms with van der Waals surface area (Å²) in [5.74, 6) is 0.657. The molecule has 1 aromatic carbocycles. The molecule has 132 valence electrons. The summed E-state index contributed by atoms with van der Waals surface area (Å²) in [6, 6.07) is 7.51. The summed E-state index contributed by atoms with van der Waals surface area (Å²) in [6.45, 7) is 7.65. The Kier molecular flexibility index (Phi) is 7.25. The van der Waals surface area contributed by atoms with Gasteiger partial charge in [0, 0.05) is 44.8 Å². The number of rotatable bonds is 9. The second-order valence-corrected chi connectivity index (χ2v) is 6.70. The molecule has 0 bridgehead atoms. The van der Waals surface area contributed by atoms with Gasteiger partial charge in [0.2, 0.25) is 5.91 Å². The van der Waals surface area contributed by atoms with Crippen LogP contribution < -0.4 is 5.32 Å². The van der Waals surface area contributed by atoms with Crippen LogP contribution >= 0.6 is 0 Å². The van der Waals surface area contributed by atoms with Crippen LogP contribution in [0.3, 0.4) is 0 Å². The number of benzene rings is 1. The first-order valence-corrected chi connectivity index (χ1v) is 8.79. The number of nitrogens with one attached hydrogen (secondary N) is 1. The van der Waals surface area contributed by atoms with Crippen molar-refractivity contribution in [2.75, 3.05) is 26.3 Å². The van der Waals surface area contributed by atoms with Gasteiger partial charge in [-0.15, -0.1) is 0 Å². The number of likely N-dealkylation sites (tertiary alicyclic amines) is 1. The molecule has 0 saturated carbocycles. The Morgan fingerprint density at radius 3 is 2.92 bits per heavy atom. The van der Waals surface area contributed by atoms with E-state index in [9.17, 15) is 9.59 Å². The predicted molar refractivity (Wildman–Crippen MR) is 93.7 cm³/mol. The van der Waals surface area contributed by atoms with Crippen LogP contribution in [0.4, 0.5) is 0 Å². The van der Waals surface area contributed by atoms with E-state index in [-0.39, 0.29) is 11.8 Å². The van der Waals surface area contributed by atoms with Gasteiger partial charge in [-0.25, -0.2) is 0 Å². The van der Waals surface area contributed by atoms with Gasteiger partial charge >= 0.3 is 0 Å². The van der Waals surface area contributed by atoms with Crippen LogP contribution in [0.1, 0.15) is 49.0 Å². The SMILES string of the molecule is CC(C)COCCCNC(=O)c1cccc(CN2CCCC2=O)c1. The molecule has 2 rings (SSSR count). The van der Waals surface area contributed by atoms with Gasteiger partial charge in [-0.1, -0.05) is 26.0 Å². The molecule has 1 heterocycles. The third-order valence-electron chi connectivity index (χ3n) is 3.94. The number of carbonyl (C=O) groups excluding carboxylic acids is 2. The maximum atomic E-state index is 12.2. The molecular formula is C19H28N2O3. The smallest absolute Gasteiger partial charge is 0.251 e. The van der Waals surface area contributed by atoms with Crippen molar-refractivity contribution >= 4 is 11.8 Å². The molecule has 0 atom stereocenters. The first kappa shape index (κ1) is 18.5. The van der Waals surface area contributed by atoms with Crippen LogP contribution in [0.25, 0.3) is 0 Å². The zero-order chi connectivity index (χ0) is 17.4. The molecule has 24 heavy (non-hydrogen) atoms. The van der Waals surface area contributed by atoms with E-state index in [1.165, 1.54) is 0 Å². The third-order valence-corrected chi connectivity index (χ3v) is 3.94. The lowest BCUT2D eigenvalue weighted by molar-refractivity contribution is -0.128. The Morgan fingerprint density at radius 2 is 2.21 bits per heavy atom. The number of nitrogens with zero attached hydrogens (tertiary/aromatic N) is 1. The molecular weight excluding hydrogens is 304 g/mol. The summed E-state index contributed by atoms with van der Waals surface area (Å²) in [6.07, 6.45) is 2.37. The zero-order valence-electron chi connectivity index (χ0n) is 14.7. The van der Waals surface area contributed by atoms with Crippen molar-refractivity contribution < 1.29 is 14.3 Å². The Labute approximate surface area is 144 Å².